The Morgan fingerprint density at radius 1 is 1.13 bits per heavy atom. The molecule has 23 heavy (non-hydrogen) atoms. The minimum Gasteiger partial charge on any atom is -0.370 e. The average Bonchev–Trinajstić information content (AvgIpc) is 3.05. The molecular weight excluding hydrogens is 288 g/mol. The second kappa shape index (κ2) is 7.22. The van der Waals surface area contributed by atoms with Crippen molar-refractivity contribution in [3.05, 3.63) is 72.7 Å². The molecule has 6 heteroatoms. The summed E-state index contributed by atoms with van der Waals surface area (Å²) in [5.41, 5.74) is 8.00. The number of hydrogen-bond acceptors (Lipinski definition) is 3. The third-order valence-corrected chi connectivity index (χ3v) is 3.26. The number of pyridine rings is 1. The van der Waals surface area contributed by atoms with Crippen molar-refractivity contribution < 1.29 is 0 Å². The van der Waals surface area contributed by atoms with Crippen molar-refractivity contribution in [3.63, 3.8) is 0 Å². The molecule has 2 heterocycles. The number of aromatic nitrogens is 3. The van der Waals surface area contributed by atoms with Gasteiger partial charge in [-0.25, -0.2) is 9.67 Å². The van der Waals surface area contributed by atoms with E-state index < -0.39 is 0 Å². The van der Waals surface area contributed by atoms with E-state index in [0.29, 0.717) is 18.3 Å². The van der Waals surface area contributed by atoms with Gasteiger partial charge in [0.05, 0.1) is 11.9 Å². The number of para-hydroxylation sites is 1. The largest absolute Gasteiger partial charge is 0.370 e. The van der Waals surface area contributed by atoms with Gasteiger partial charge in [0.1, 0.15) is 5.82 Å². The summed E-state index contributed by atoms with van der Waals surface area (Å²) >= 11 is 0. The molecule has 2 aromatic heterocycles. The van der Waals surface area contributed by atoms with Crippen LogP contribution in [0.25, 0.3) is 5.69 Å². The molecule has 3 rings (SSSR count). The summed E-state index contributed by atoms with van der Waals surface area (Å²) in [6, 6.07) is 15.6. The number of benzene rings is 1. The van der Waals surface area contributed by atoms with Crippen LogP contribution in [-0.4, -0.2) is 27.3 Å². The number of nitrogens with two attached hydrogens (primary N) is 1. The summed E-state index contributed by atoms with van der Waals surface area (Å²) in [6.45, 7) is 0.589. The van der Waals surface area contributed by atoms with E-state index in [1.165, 1.54) is 0 Å². The number of hydrogen-bond donors (Lipinski definition) is 2. The Balaban J connectivity index is 1.55. The van der Waals surface area contributed by atoms with Crippen LogP contribution in [0.4, 0.5) is 5.82 Å². The fraction of sp³-hybridized carbons (Fsp3) is 0.118. The van der Waals surface area contributed by atoms with Gasteiger partial charge in [0, 0.05) is 18.9 Å². The lowest BCUT2D eigenvalue weighted by molar-refractivity contribution is 0.879. The van der Waals surface area contributed by atoms with Gasteiger partial charge in [0.15, 0.2) is 5.96 Å². The molecule has 0 saturated carbocycles. The first-order chi connectivity index (χ1) is 11.3. The summed E-state index contributed by atoms with van der Waals surface area (Å²) in [7, 11) is 0. The highest BCUT2D eigenvalue weighted by Gasteiger charge is 2.01. The predicted molar refractivity (Wildman–Crippen MR) is 91.6 cm³/mol. The zero-order valence-electron chi connectivity index (χ0n) is 12.6. The van der Waals surface area contributed by atoms with Crippen LogP contribution >= 0.6 is 0 Å². The molecule has 1 aromatic carbocycles. The normalized spacial score (nSPS) is 11.4. The molecule has 3 N–H and O–H groups in total. The van der Waals surface area contributed by atoms with Crippen molar-refractivity contribution in [1.82, 2.24) is 14.8 Å². The average molecular weight is 306 g/mol. The van der Waals surface area contributed by atoms with Crippen LogP contribution in [0, 0.1) is 0 Å². The van der Waals surface area contributed by atoms with E-state index in [9.17, 15) is 0 Å². The van der Waals surface area contributed by atoms with Crippen molar-refractivity contribution in [3.8, 4) is 5.69 Å². The smallest absolute Gasteiger partial charge is 0.194 e. The van der Waals surface area contributed by atoms with Crippen molar-refractivity contribution in [2.75, 3.05) is 11.9 Å². The lowest BCUT2D eigenvalue weighted by Gasteiger charge is -2.03. The Bertz CT molecular complexity index is 764. The molecule has 0 unspecified atom stereocenters. The highest BCUT2D eigenvalue weighted by Crippen LogP contribution is 2.08. The summed E-state index contributed by atoms with van der Waals surface area (Å²) in [6.07, 6.45) is 6.34. The molecule has 0 bridgehead atoms. The monoisotopic (exact) mass is 306 g/mol. The molecule has 0 saturated heterocycles. The second-order valence-corrected chi connectivity index (χ2v) is 4.99. The van der Waals surface area contributed by atoms with Gasteiger partial charge >= 0.3 is 0 Å². The zero-order chi connectivity index (χ0) is 15.9. The number of guanidine groups is 1. The van der Waals surface area contributed by atoms with E-state index in [-0.39, 0.29) is 0 Å². The van der Waals surface area contributed by atoms with Gasteiger partial charge in [-0.05, 0) is 36.2 Å². The first-order valence-corrected chi connectivity index (χ1v) is 7.38. The fourth-order valence-corrected chi connectivity index (χ4v) is 2.12. The van der Waals surface area contributed by atoms with Crippen LogP contribution < -0.4 is 11.1 Å². The van der Waals surface area contributed by atoms with Crippen LogP contribution in [0.1, 0.15) is 5.56 Å². The van der Waals surface area contributed by atoms with E-state index in [1.54, 1.807) is 6.20 Å². The quantitative estimate of drug-likeness (QED) is 0.559. The van der Waals surface area contributed by atoms with Crippen molar-refractivity contribution in [2.45, 2.75) is 6.42 Å². The Hall–Kier alpha value is -3.15. The van der Waals surface area contributed by atoms with E-state index >= 15 is 0 Å². The Labute approximate surface area is 134 Å². The van der Waals surface area contributed by atoms with E-state index in [1.807, 2.05) is 65.6 Å². The Morgan fingerprint density at radius 2 is 1.96 bits per heavy atom. The van der Waals surface area contributed by atoms with Gasteiger partial charge in [-0.2, -0.15) is 5.10 Å². The van der Waals surface area contributed by atoms with Crippen LogP contribution in [0.2, 0.25) is 0 Å². The topological polar surface area (TPSA) is 81.1 Å². The minimum absolute atomic E-state index is 0.360. The van der Waals surface area contributed by atoms with Crippen molar-refractivity contribution in [2.24, 2.45) is 10.7 Å². The Morgan fingerprint density at radius 3 is 2.74 bits per heavy atom. The van der Waals surface area contributed by atoms with Crippen LogP contribution in [-0.2, 0) is 6.42 Å². The maximum absolute atomic E-state index is 5.84. The van der Waals surface area contributed by atoms with Crippen molar-refractivity contribution >= 4 is 11.8 Å². The molecule has 0 radical (unpaired) electrons. The van der Waals surface area contributed by atoms with Gasteiger partial charge in [0.25, 0.3) is 0 Å². The van der Waals surface area contributed by atoms with E-state index in [2.05, 4.69) is 20.4 Å². The number of nitrogens with zero attached hydrogens (tertiary/aromatic N) is 4. The van der Waals surface area contributed by atoms with Gasteiger partial charge in [0.2, 0.25) is 0 Å². The maximum Gasteiger partial charge on any atom is 0.194 e. The maximum atomic E-state index is 5.84. The van der Waals surface area contributed by atoms with E-state index in [0.717, 1.165) is 17.7 Å². The van der Waals surface area contributed by atoms with Crippen LogP contribution in [0.3, 0.4) is 0 Å². The molecule has 0 amide bonds. The summed E-state index contributed by atoms with van der Waals surface area (Å²) in [5.74, 6) is 1.05. The van der Waals surface area contributed by atoms with Gasteiger partial charge in [-0.1, -0.05) is 24.3 Å². The van der Waals surface area contributed by atoms with Gasteiger partial charge in [-0.15, -0.1) is 0 Å². The van der Waals surface area contributed by atoms with Gasteiger partial charge in [-0.3, -0.25) is 4.99 Å². The molecule has 0 atom stereocenters. The fourth-order valence-electron chi connectivity index (χ4n) is 2.12. The Kier molecular flexibility index (Phi) is 4.63. The lowest BCUT2D eigenvalue weighted by Crippen LogP contribution is -2.23. The third-order valence-electron chi connectivity index (χ3n) is 3.26. The molecule has 0 aliphatic carbocycles. The highest BCUT2D eigenvalue weighted by molar-refractivity contribution is 5.91. The van der Waals surface area contributed by atoms with Crippen LogP contribution in [0.15, 0.2) is 72.1 Å². The molecule has 0 aliphatic rings. The summed E-state index contributed by atoms with van der Waals surface area (Å²) in [4.78, 5) is 8.44. The minimum atomic E-state index is 0.360. The number of rotatable bonds is 5. The SMILES string of the molecule is NC(=NCCc1cnn(-c2ccccc2)c1)Nc1ccccn1. The van der Waals surface area contributed by atoms with Crippen LogP contribution in [0.5, 0.6) is 0 Å². The predicted octanol–water partition coefficient (Wildman–Crippen LogP) is 2.24. The zero-order valence-corrected chi connectivity index (χ0v) is 12.6. The molecule has 3 aromatic rings. The van der Waals surface area contributed by atoms with Crippen molar-refractivity contribution in [1.29, 1.82) is 0 Å². The number of nitrogens with one attached hydrogen (secondary N) is 1. The summed E-state index contributed by atoms with van der Waals surface area (Å²) in [5, 5.41) is 7.32. The molecule has 0 aliphatic heterocycles. The molecule has 0 fully saturated rings. The molecule has 116 valence electrons. The highest BCUT2D eigenvalue weighted by atomic mass is 15.3. The summed E-state index contributed by atoms with van der Waals surface area (Å²) < 4.78 is 1.86. The third kappa shape index (κ3) is 4.16. The van der Waals surface area contributed by atoms with E-state index in [4.69, 9.17) is 5.73 Å². The molecular formula is C17H18N6. The number of anilines is 1. The first kappa shape index (κ1) is 14.8. The lowest BCUT2D eigenvalue weighted by atomic mass is 10.2. The van der Waals surface area contributed by atoms with Gasteiger partial charge < -0.3 is 11.1 Å². The molecule has 0 spiro atoms. The second-order valence-electron chi connectivity index (χ2n) is 4.99. The first-order valence-electron chi connectivity index (χ1n) is 7.38. The number of aliphatic imine (C=N–C) groups is 1. The molecule has 6 nitrogen and oxygen atoms in total. The standard InChI is InChI=1S/C17H18N6/c18-17(22-16-8-4-5-10-19-16)20-11-9-14-12-21-23(13-14)15-6-2-1-3-7-15/h1-8,10,12-13H,9,11H2,(H3,18,19,20,22).